The van der Waals surface area contributed by atoms with Crippen LogP contribution in [0.1, 0.15) is 56.7 Å². The lowest BCUT2D eigenvalue weighted by molar-refractivity contribution is 0.432. The molecule has 0 saturated carbocycles. The second-order valence-electron chi connectivity index (χ2n) is 4.37. The Morgan fingerprint density at radius 1 is 1.31 bits per heavy atom. The normalized spacial score (nSPS) is 12.9. The maximum Gasteiger partial charge on any atom is 0.0897 e. The maximum absolute atomic E-state index is 4.48. The molecular weight excluding hydrogens is 216 g/mol. The summed E-state index contributed by atoms with van der Waals surface area (Å²) in [5, 5.41) is 6.95. The van der Waals surface area contributed by atoms with Gasteiger partial charge in [-0.15, -0.1) is 11.3 Å². The minimum atomic E-state index is 0.673. The maximum atomic E-state index is 4.48. The third-order valence-electron chi connectivity index (χ3n) is 2.78. The largest absolute Gasteiger partial charge is 0.308 e. The molecule has 0 amide bonds. The van der Waals surface area contributed by atoms with Crippen LogP contribution >= 0.6 is 11.3 Å². The molecule has 1 unspecified atom stereocenters. The van der Waals surface area contributed by atoms with Gasteiger partial charge in [0.05, 0.1) is 10.7 Å². The molecule has 0 bridgehead atoms. The van der Waals surface area contributed by atoms with E-state index >= 15 is 0 Å². The van der Waals surface area contributed by atoms with Gasteiger partial charge in [-0.2, -0.15) is 0 Å². The van der Waals surface area contributed by atoms with Crippen LogP contribution in [0.5, 0.6) is 0 Å². The van der Waals surface area contributed by atoms with Gasteiger partial charge in [0.25, 0.3) is 0 Å². The predicted octanol–water partition coefficient (Wildman–Crippen LogP) is 3.90. The summed E-state index contributed by atoms with van der Waals surface area (Å²) in [6.45, 7) is 7.51. The molecule has 0 aliphatic carbocycles. The summed E-state index contributed by atoms with van der Waals surface area (Å²) in [4.78, 5) is 4.48. The lowest BCUT2D eigenvalue weighted by atomic mass is 10.1. The standard InChI is InChI=1S/C13H24N2S/c1-4-6-8-12(7-5-2)14-9-13-10-16-11(3)15-13/h10,12,14H,4-9H2,1-3H3. The van der Waals surface area contributed by atoms with Gasteiger partial charge in [-0.3, -0.25) is 0 Å². The van der Waals surface area contributed by atoms with E-state index in [1.165, 1.54) is 37.8 Å². The van der Waals surface area contributed by atoms with Crippen molar-refractivity contribution in [3.63, 3.8) is 0 Å². The topological polar surface area (TPSA) is 24.9 Å². The quantitative estimate of drug-likeness (QED) is 0.745. The molecule has 1 aromatic heterocycles. The zero-order valence-electron chi connectivity index (χ0n) is 10.8. The Bertz CT molecular complexity index is 283. The first-order valence-electron chi connectivity index (χ1n) is 6.40. The molecule has 3 heteroatoms. The number of nitrogens with one attached hydrogen (secondary N) is 1. The number of aromatic nitrogens is 1. The molecule has 16 heavy (non-hydrogen) atoms. The number of aryl methyl sites for hydroxylation is 1. The van der Waals surface area contributed by atoms with Crippen LogP contribution in [0.4, 0.5) is 0 Å². The zero-order valence-corrected chi connectivity index (χ0v) is 11.6. The lowest BCUT2D eigenvalue weighted by Crippen LogP contribution is -2.28. The summed E-state index contributed by atoms with van der Waals surface area (Å²) in [5.41, 5.74) is 1.19. The summed E-state index contributed by atoms with van der Waals surface area (Å²) < 4.78 is 0. The van der Waals surface area contributed by atoms with Crippen LogP contribution in [0.25, 0.3) is 0 Å². The summed E-state index contributed by atoms with van der Waals surface area (Å²) >= 11 is 1.74. The number of thiazole rings is 1. The van der Waals surface area contributed by atoms with Crippen LogP contribution in [-0.2, 0) is 6.54 Å². The van der Waals surface area contributed by atoms with Crippen LogP contribution in [0, 0.1) is 6.92 Å². The van der Waals surface area contributed by atoms with E-state index in [0.29, 0.717) is 6.04 Å². The monoisotopic (exact) mass is 240 g/mol. The number of nitrogens with zero attached hydrogens (tertiary/aromatic N) is 1. The molecule has 0 aromatic carbocycles. The third-order valence-corrected chi connectivity index (χ3v) is 3.60. The van der Waals surface area contributed by atoms with Gasteiger partial charge < -0.3 is 5.32 Å². The Kier molecular flexibility index (Phi) is 6.65. The average molecular weight is 240 g/mol. The highest BCUT2D eigenvalue weighted by Crippen LogP contribution is 2.10. The van der Waals surface area contributed by atoms with Crippen LogP contribution in [0.3, 0.4) is 0 Å². The highest BCUT2D eigenvalue weighted by Gasteiger charge is 2.07. The SMILES string of the molecule is CCCCC(CCC)NCc1csc(C)n1. The molecular formula is C13H24N2S. The molecule has 0 aliphatic rings. The second kappa shape index (κ2) is 7.80. The Morgan fingerprint density at radius 2 is 2.12 bits per heavy atom. The van der Waals surface area contributed by atoms with Crippen molar-refractivity contribution >= 4 is 11.3 Å². The van der Waals surface area contributed by atoms with Crippen LogP contribution in [0.2, 0.25) is 0 Å². The molecule has 2 nitrogen and oxygen atoms in total. The van der Waals surface area contributed by atoms with Crippen LogP contribution in [0.15, 0.2) is 5.38 Å². The summed E-state index contributed by atoms with van der Waals surface area (Å²) in [7, 11) is 0. The van der Waals surface area contributed by atoms with Gasteiger partial charge in [0, 0.05) is 18.0 Å². The number of hydrogen-bond acceptors (Lipinski definition) is 3. The van der Waals surface area contributed by atoms with E-state index in [0.717, 1.165) is 11.6 Å². The van der Waals surface area contributed by atoms with E-state index in [-0.39, 0.29) is 0 Å². The van der Waals surface area contributed by atoms with Crippen molar-refractivity contribution in [3.8, 4) is 0 Å². The van der Waals surface area contributed by atoms with Crippen molar-refractivity contribution in [2.45, 2.75) is 65.5 Å². The van der Waals surface area contributed by atoms with Crippen molar-refractivity contribution in [1.29, 1.82) is 0 Å². The highest BCUT2D eigenvalue weighted by atomic mass is 32.1. The molecule has 1 atom stereocenters. The van der Waals surface area contributed by atoms with E-state index < -0.39 is 0 Å². The molecule has 92 valence electrons. The minimum Gasteiger partial charge on any atom is -0.308 e. The van der Waals surface area contributed by atoms with Gasteiger partial charge in [0.15, 0.2) is 0 Å². The number of hydrogen-bond donors (Lipinski definition) is 1. The molecule has 0 spiro atoms. The summed E-state index contributed by atoms with van der Waals surface area (Å²) in [6.07, 6.45) is 6.46. The van der Waals surface area contributed by atoms with Gasteiger partial charge in [0.1, 0.15) is 0 Å². The van der Waals surface area contributed by atoms with Crippen LogP contribution < -0.4 is 5.32 Å². The summed E-state index contributed by atoms with van der Waals surface area (Å²) in [5.74, 6) is 0. The molecule has 1 rings (SSSR count). The molecule has 1 heterocycles. The van der Waals surface area contributed by atoms with E-state index in [2.05, 4.69) is 36.5 Å². The van der Waals surface area contributed by atoms with Gasteiger partial charge >= 0.3 is 0 Å². The fraction of sp³-hybridized carbons (Fsp3) is 0.769. The average Bonchev–Trinajstić information content (AvgIpc) is 2.68. The fourth-order valence-electron chi connectivity index (χ4n) is 1.89. The Morgan fingerprint density at radius 3 is 2.69 bits per heavy atom. The number of rotatable bonds is 8. The molecule has 1 aromatic rings. The molecule has 0 fully saturated rings. The van der Waals surface area contributed by atoms with Gasteiger partial charge in [-0.1, -0.05) is 33.1 Å². The van der Waals surface area contributed by atoms with Crippen molar-refractivity contribution in [3.05, 3.63) is 16.1 Å². The summed E-state index contributed by atoms with van der Waals surface area (Å²) in [6, 6.07) is 0.673. The van der Waals surface area contributed by atoms with E-state index in [4.69, 9.17) is 0 Å². The van der Waals surface area contributed by atoms with Gasteiger partial charge in [-0.05, 0) is 19.8 Å². The number of unbranched alkanes of at least 4 members (excludes halogenated alkanes) is 1. The first-order valence-corrected chi connectivity index (χ1v) is 7.28. The third kappa shape index (κ3) is 5.08. The molecule has 0 aliphatic heterocycles. The van der Waals surface area contributed by atoms with E-state index in [9.17, 15) is 0 Å². The van der Waals surface area contributed by atoms with E-state index in [1.54, 1.807) is 11.3 Å². The predicted molar refractivity (Wildman–Crippen MR) is 71.9 cm³/mol. The fourth-order valence-corrected chi connectivity index (χ4v) is 2.50. The van der Waals surface area contributed by atoms with Crippen molar-refractivity contribution in [1.82, 2.24) is 10.3 Å². The molecule has 1 N–H and O–H groups in total. The van der Waals surface area contributed by atoms with Crippen LogP contribution in [-0.4, -0.2) is 11.0 Å². The molecule has 0 radical (unpaired) electrons. The molecule has 0 saturated heterocycles. The Labute approximate surface area is 103 Å². The van der Waals surface area contributed by atoms with Crippen molar-refractivity contribution < 1.29 is 0 Å². The second-order valence-corrected chi connectivity index (χ2v) is 5.43. The smallest absolute Gasteiger partial charge is 0.0897 e. The Balaban J connectivity index is 2.30. The van der Waals surface area contributed by atoms with E-state index in [1.807, 2.05) is 0 Å². The van der Waals surface area contributed by atoms with Gasteiger partial charge in [-0.25, -0.2) is 4.98 Å². The van der Waals surface area contributed by atoms with Crippen molar-refractivity contribution in [2.75, 3.05) is 0 Å². The first kappa shape index (κ1) is 13.7. The first-order chi connectivity index (χ1) is 7.76. The Hall–Kier alpha value is -0.410. The lowest BCUT2D eigenvalue weighted by Gasteiger charge is -2.16. The van der Waals surface area contributed by atoms with Gasteiger partial charge in [0.2, 0.25) is 0 Å². The zero-order chi connectivity index (χ0) is 11.8. The van der Waals surface area contributed by atoms with Crippen molar-refractivity contribution in [2.24, 2.45) is 0 Å². The highest BCUT2D eigenvalue weighted by molar-refractivity contribution is 7.09. The minimum absolute atomic E-state index is 0.673.